The van der Waals surface area contributed by atoms with E-state index >= 15 is 0 Å². The molecule has 3 atom stereocenters. The fourth-order valence-corrected chi connectivity index (χ4v) is 4.29. The molecule has 2 aromatic rings. The molecular weight excluding hydrogens is 494 g/mol. The fraction of sp³-hybridized carbons (Fsp3) is 0.516. The predicted octanol–water partition coefficient (Wildman–Crippen LogP) is 6.26. The van der Waals surface area contributed by atoms with Gasteiger partial charge in [0.1, 0.15) is 23.4 Å². The number of nitrogens with one attached hydrogen (secondary N) is 2. The molecule has 0 saturated carbocycles. The van der Waals surface area contributed by atoms with Crippen molar-refractivity contribution in [2.45, 2.75) is 98.9 Å². The van der Waals surface area contributed by atoms with Crippen LogP contribution in [0.5, 0.6) is 5.75 Å². The highest BCUT2D eigenvalue weighted by molar-refractivity contribution is 5.99. The number of carbonyl (C=O) groups excluding carboxylic acids is 3. The van der Waals surface area contributed by atoms with Gasteiger partial charge in [0.15, 0.2) is 0 Å². The topological polar surface area (TPSA) is 108 Å². The summed E-state index contributed by atoms with van der Waals surface area (Å²) >= 11 is 0. The number of aryl methyl sites for hydroxylation is 2. The summed E-state index contributed by atoms with van der Waals surface area (Å²) in [5, 5.41) is 16.0. The molecule has 2 aromatic carbocycles. The van der Waals surface area contributed by atoms with E-state index in [-0.39, 0.29) is 11.7 Å². The van der Waals surface area contributed by atoms with E-state index in [1.54, 1.807) is 39.8 Å². The van der Waals surface area contributed by atoms with Gasteiger partial charge in [-0.15, -0.1) is 0 Å². The molecule has 0 aromatic heterocycles. The molecule has 3 unspecified atom stereocenters. The molecule has 0 spiro atoms. The first kappa shape index (κ1) is 31.7. The van der Waals surface area contributed by atoms with Crippen LogP contribution in [0.4, 0.5) is 10.5 Å². The van der Waals surface area contributed by atoms with Crippen molar-refractivity contribution >= 4 is 23.6 Å². The van der Waals surface area contributed by atoms with Crippen molar-refractivity contribution in [3.63, 3.8) is 0 Å². The first-order valence-electron chi connectivity index (χ1n) is 13.4. The second-order valence-electron chi connectivity index (χ2n) is 12.1. The van der Waals surface area contributed by atoms with Crippen LogP contribution in [0.15, 0.2) is 42.5 Å². The minimum atomic E-state index is -1.05. The van der Waals surface area contributed by atoms with E-state index in [0.29, 0.717) is 23.2 Å². The van der Waals surface area contributed by atoms with Crippen molar-refractivity contribution in [2.24, 2.45) is 5.92 Å². The lowest BCUT2D eigenvalue weighted by molar-refractivity contribution is -0.147. The first-order chi connectivity index (χ1) is 18.0. The monoisotopic (exact) mass is 539 g/mol. The number of rotatable bonds is 8. The molecule has 0 heterocycles. The molecule has 0 aliphatic carbocycles. The normalized spacial score (nSPS) is 14.1. The van der Waals surface area contributed by atoms with E-state index < -0.39 is 41.1 Å². The Morgan fingerprint density at radius 3 is 2.10 bits per heavy atom. The van der Waals surface area contributed by atoms with Crippen molar-refractivity contribution in [1.29, 1.82) is 0 Å². The lowest BCUT2D eigenvalue weighted by Gasteiger charge is -2.44. The number of phenols is 1. The van der Waals surface area contributed by atoms with Crippen LogP contribution in [0.3, 0.4) is 0 Å². The van der Waals surface area contributed by atoms with Gasteiger partial charge < -0.3 is 25.4 Å². The molecule has 39 heavy (non-hydrogen) atoms. The summed E-state index contributed by atoms with van der Waals surface area (Å²) in [5.41, 5.74) is 1.07. The molecule has 8 nitrogen and oxygen atoms in total. The number of aromatic hydroxyl groups is 1. The van der Waals surface area contributed by atoms with Crippen molar-refractivity contribution < 1.29 is 24.2 Å². The number of anilines is 1. The predicted molar refractivity (Wildman–Crippen MR) is 155 cm³/mol. The smallest absolute Gasteiger partial charge is 0.408 e. The molecule has 0 radical (unpaired) electrons. The van der Waals surface area contributed by atoms with Gasteiger partial charge in [-0.25, -0.2) is 4.79 Å². The summed E-state index contributed by atoms with van der Waals surface area (Å²) in [6, 6.07) is 10.3. The summed E-state index contributed by atoms with van der Waals surface area (Å²) in [7, 11) is 0. The minimum Gasteiger partial charge on any atom is -0.508 e. The molecule has 3 N–H and O–H groups in total. The summed E-state index contributed by atoms with van der Waals surface area (Å²) in [5.74, 6) is -0.956. The zero-order chi connectivity index (χ0) is 29.7. The van der Waals surface area contributed by atoms with Crippen LogP contribution in [0.1, 0.15) is 84.5 Å². The second-order valence-corrected chi connectivity index (χ2v) is 12.1. The summed E-state index contributed by atoms with van der Waals surface area (Å²) in [6.07, 6.45) is -0.0841. The van der Waals surface area contributed by atoms with Gasteiger partial charge in [0, 0.05) is 11.2 Å². The largest absolute Gasteiger partial charge is 0.508 e. The molecule has 214 valence electrons. The third-order valence-corrected chi connectivity index (χ3v) is 6.56. The van der Waals surface area contributed by atoms with Gasteiger partial charge in [-0.2, -0.15) is 0 Å². The van der Waals surface area contributed by atoms with E-state index in [9.17, 15) is 19.5 Å². The van der Waals surface area contributed by atoms with Gasteiger partial charge in [-0.1, -0.05) is 44.5 Å². The maximum atomic E-state index is 14.4. The van der Waals surface area contributed by atoms with Crippen molar-refractivity contribution in [1.82, 2.24) is 10.2 Å². The SMILES string of the molecule is CCC(C)C(NC(=O)OC(C)(C)C)C(=O)N(C(C(=O)Nc1ccccc1C)c1ccc(O)c(C)c1)C(C)(C)C. The molecule has 0 fully saturated rings. The van der Waals surface area contributed by atoms with Gasteiger partial charge in [-0.05, 0) is 96.2 Å². The molecule has 0 aliphatic heterocycles. The zero-order valence-electron chi connectivity index (χ0n) is 25.0. The van der Waals surface area contributed by atoms with Crippen LogP contribution in [-0.2, 0) is 14.3 Å². The molecule has 2 rings (SSSR count). The van der Waals surface area contributed by atoms with Crippen molar-refractivity contribution in [3.8, 4) is 5.75 Å². The van der Waals surface area contributed by atoms with E-state index in [1.165, 1.54) is 11.0 Å². The van der Waals surface area contributed by atoms with Gasteiger partial charge >= 0.3 is 6.09 Å². The molecule has 8 heteroatoms. The van der Waals surface area contributed by atoms with Crippen LogP contribution in [0.2, 0.25) is 0 Å². The Bertz CT molecular complexity index is 1180. The number of benzene rings is 2. The average molecular weight is 540 g/mol. The second kappa shape index (κ2) is 12.5. The summed E-state index contributed by atoms with van der Waals surface area (Å²) in [4.78, 5) is 42.8. The van der Waals surface area contributed by atoms with Gasteiger partial charge in [-0.3, -0.25) is 9.59 Å². The van der Waals surface area contributed by atoms with E-state index in [2.05, 4.69) is 10.6 Å². The zero-order valence-corrected chi connectivity index (χ0v) is 25.0. The van der Waals surface area contributed by atoms with Crippen LogP contribution in [0.25, 0.3) is 0 Å². The maximum Gasteiger partial charge on any atom is 0.408 e. The number of hydrogen-bond acceptors (Lipinski definition) is 5. The highest BCUT2D eigenvalue weighted by atomic mass is 16.6. The van der Waals surface area contributed by atoms with Crippen LogP contribution in [0, 0.1) is 19.8 Å². The fourth-order valence-electron chi connectivity index (χ4n) is 4.29. The Balaban J connectivity index is 2.66. The Morgan fingerprint density at radius 1 is 0.974 bits per heavy atom. The van der Waals surface area contributed by atoms with E-state index in [0.717, 1.165) is 5.56 Å². The molecule has 3 amide bonds. The lowest BCUT2D eigenvalue weighted by Crippen LogP contribution is -2.59. The Hall–Kier alpha value is -3.55. The number of alkyl carbamates (subject to hydrolysis) is 1. The number of ether oxygens (including phenoxy) is 1. The molecule has 0 bridgehead atoms. The highest BCUT2D eigenvalue weighted by Gasteiger charge is 2.43. The Labute approximate surface area is 233 Å². The average Bonchev–Trinajstić information content (AvgIpc) is 2.81. The van der Waals surface area contributed by atoms with E-state index in [1.807, 2.05) is 65.8 Å². The van der Waals surface area contributed by atoms with Crippen molar-refractivity contribution in [2.75, 3.05) is 5.32 Å². The van der Waals surface area contributed by atoms with Crippen LogP contribution in [-0.4, -0.2) is 45.1 Å². The first-order valence-corrected chi connectivity index (χ1v) is 13.4. The van der Waals surface area contributed by atoms with Crippen LogP contribution >= 0.6 is 0 Å². The molecule has 0 aliphatic rings. The molecular formula is C31H45N3O5. The highest BCUT2D eigenvalue weighted by Crippen LogP contribution is 2.34. The number of nitrogens with zero attached hydrogens (tertiary/aromatic N) is 1. The van der Waals surface area contributed by atoms with Crippen LogP contribution < -0.4 is 10.6 Å². The van der Waals surface area contributed by atoms with Gasteiger partial charge in [0.2, 0.25) is 5.91 Å². The number of amides is 3. The number of para-hydroxylation sites is 1. The number of carbonyl (C=O) groups is 3. The minimum absolute atomic E-state index is 0.0921. The number of phenolic OH excluding ortho intramolecular Hbond substituents is 1. The van der Waals surface area contributed by atoms with Gasteiger partial charge in [0.25, 0.3) is 5.91 Å². The quantitative estimate of drug-likeness (QED) is 0.367. The Kier molecular flexibility index (Phi) is 10.2. The lowest BCUT2D eigenvalue weighted by atomic mass is 9.91. The molecule has 0 saturated heterocycles. The third-order valence-electron chi connectivity index (χ3n) is 6.56. The third kappa shape index (κ3) is 8.47. The Morgan fingerprint density at radius 2 is 1.59 bits per heavy atom. The maximum absolute atomic E-state index is 14.4. The standard InChI is InChI=1S/C31H45N3O5/c1-11-19(2)25(33-29(38)39-31(8,9)10)28(37)34(30(5,6)7)26(22-16-17-24(35)21(4)18-22)27(36)32-23-15-13-12-14-20(23)3/h12-19,25-26,35H,11H2,1-10H3,(H,32,36)(H,33,38). The number of hydrogen-bond donors (Lipinski definition) is 3. The van der Waals surface area contributed by atoms with E-state index in [4.69, 9.17) is 4.74 Å². The summed E-state index contributed by atoms with van der Waals surface area (Å²) in [6.45, 7) is 18.3. The van der Waals surface area contributed by atoms with Gasteiger partial charge in [0.05, 0.1) is 0 Å². The summed E-state index contributed by atoms with van der Waals surface area (Å²) < 4.78 is 5.46. The van der Waals surface area contributed by atoms with Crippen molar-refractivity contribution in [3.05, 3.63) is 59.2 Å².